The highest BCUT2D eigenvalue weighted by molar-refractivity contribution is 5.28. The van der Waals surface area contributed by atoms with Crippen LogP contribution < -0.4 is 5.32 Å². The minimum Gasteiger partial charge on any atom is -0.310 e. The van der Waals surface area contributed by atoms with E-state index in [9.17, 15) is 0 Å². The fourth-order valence-corrected chi connectivity index (χ4v) is 2.45. The van der Waals surface area contributed by atoms with E-state index in [2.05, 4.69) is 34.0 Å². The summed E-state index contributed by atoms with van der Waals surface area (Å²) in [6, 6.07) is 0. The second-order valence-corrected chi connectivity index (χ2v) is 4.56. The lowest BCUT2D eigenvalue weighted by atomic mass is 9.96. The smallest absolute Gasteiger partial charge is 0.0659 e. The lowest BCUT2D eigenvalue weighted by molar-refractivity contribution is 0.627. The van der Waals surface area contributed by atoms with Crippen LogP contribution in [0.3, 0.4) is 0 Å². The van der Waals surface area contributed by atoms with Crippen LogP contribution in [-0.2, 0) is 26.4 Å². The van der Waals surface area contributed by atoms with Crippen LogP contribution >= 0.6 is 0 Å². The molecule has 3 heteroatoms. The van der Waals surface area contributed by atoms with E-state index in [0.717, 1.165) is 25.9 Å². The normalized spacial score (nSPS) is 14.0. The highest BCUT2D eigenvalue weighted by atomic mass is 15.3. The van der Waals surface area contributed by atoms with Gasteiger partial charge in [-0.05, 0) is 38.2 Å². The topological polar surface area (TPSA) is 29.9 Å². The average molecular weight is 231 g/mol. The Morgan fingerprint density at radius 1 is 1.35 bits per heavy atom. The summed E-state index contributed by atoms with van der Waals surface area (Å²) in [6.07, 6.45) is 5.89. The fraction of sp³-hybridized carbons (Fsp3) is 0.643. The highest BCUT2D eigenvalue weighted by Gasteiger charge is 2.18. The van der Waals surface area contributed by atoms with Crippen molar-refractivity contribution in [2.45, 2.75) is 45.6 Å². The van der Waals surface area contributed by atoms with E-state index in [1.54, 1.807) is 0 Å². The molecule has 92 valence electrons. The standard InChI is InChI=1S/C14H21N3/c1-3-4-7-10-15-11-14-12-8-5-6-9-13(12)16-17(14)2/h15H,5-11H2,1-2H3. The molecule has 0 amide bonds. The van der Waals surface area contributed by atoms with Gasteiger partial charge in [-0.25, -0.2) is 0 Å². The van der Waals surface area contributed by atoms with Crippen molar-refractivity contribution in [1.29, 1.82) is 0 Å². The zero-order valence-corrected chi connectivity index (χ0v) is 10.8. The van der Waals surface area contributed by atoms with Crippen molar-refractivity contribution in [2.24, 2.45) is 7.05 Å². The van der Waals surface area contributed by atoms with E-state index < -0.39 is 0 Å². The monoisotopic (exact) mass is 231 g/mol. The zero-order chi connectivity index (χ0) is 12.1. The molecular formula is C14H21N3. The van der Waals surface area contributed by atoms with E-state index in [4.69, 9.17) is 0 Å². The third-order valence-corrected chi connectivity index (χ3v) is 3.34. The molecule has 0 bridgehead atoms. The van der Waals surface area contributed by atoms with Crippen LogP contribution in [0, 0.1) is 11.8 Å². The van der Waals surface area contributed by atoms with Gasteiger partial charge in [-0.1, -0.05) is 0 Å². The van der Waals surface area contributed by atoms with Crippen LogP contribution in [0.2, 0.25) is 0 Å². The Bertz CT molecular complexity index is 434. The zero-order valence-electron chi connectivity index (χ0n) is 10.8. The Morgan fingerprint density at radius 3 is 3.00 bits per heavy atom. The maximum absolute atomic E-state index is 4.61. The lowest BCUT2D eigenvalue weighted by Gasteiger charge is -2.11. The number of hydrogen-bond acceptors (Lipinski definition) is 2. The SMILES string of the molecule is CC#CCCNCc1c2c(nn1C)CCCC2. The van der Waals surface area contributed by atoms with Gasteiger partial charge in [0.05, 0.1) is 11.4 Å². The molecule has 0 fully saturated rings. The van der Waals surface area contributed by atoms with Gasteiger partial charge in [0.1, 0.15) is 0 Å². The Hall–Kier alpha value is -1.27. The van der Waals surface area contributed by atoms with Crippen LogP contribution in [0.15, 0.2) is 0 Å². The van der Waals surface area contributed by atoms with Crippen molar-refractivity contribution in [2.75, 3.05) is 6.54 Å². The van der Waals surface area contributed by atoms with E-state index in [1.165, 1.54) is 36.2 Å². The highest BCUT2D eigenvalue weighted by Crippen LogP contribution is 2.23. The maximum atomic E-state index is 4.61. The summed E-state index contributed by atoms with van der Waals surface area (Å²) in [5, 5.41) is 8.07. The number of fused-ring (bicyclic) bond motifs is 1. The number of nitrogens with one attached hydrogen (secondary N) is 1. The van der Waals surface area contributed by atoms with E-state index in [0.29, 0.717) is 0 Å². The van der Waals surface area contributed by atoms with Crippen molar-refractivity contribution < 1.29 is 0 Å². The van der Waals surface area contributed by atoms with Crippen molar-refractivity contribution in [3.63, 3.8) is 0 Å². The molecule has 3 nitrogen and oxygen atoms in total. The first kappa shape index (κ1) is 12.2. The maximum Gasteiger partial charge on any atom is 0.0659 e. The number of hydrogen-bond donors (Lipinski definition) is 1. The molecule has 1 N–H and O–H groups in total. The second-order valence-electron chi connectivity index (χ2n) is 4.56. The van der Waals surface area contributed by atoms with Crippen LogP contribution in [0.1, 0.15) is 43.1 Å². The molecule has 0 aromatic carbocycles. The van der Waals surface area contributed by atoms with Crippen molar-refractivity contribution in [3.8, 4) is 11.8 Å². The minimum absolute atomic E-state index is 0.921. The molecule has 0 radical (unpaired) electrons. The summed E-state index contributed by atoms with van der Waals surface area (Å²) in [6.45, 7) is 3.77. The largest absolute Gasteiger partial charge is 0.310 e. The Balaban J connectivity index is 1.95. The summed E-state index contributed by atoms with van der Waals surface area (Å²) >= 11 is 0. The Kier molecular flexibility index (Phi) is 4.22. The van der Waals surface area contributed by atoms with Crippen molar-refractivity contribution in [3.05, 3.63) is 17.0 Å². The van der Waals surface area contributed by atoms with Gasteiger partial charge in [-0.15, -0.1) is 11.8 Å². The molecular weight excluding hydrogens is 210 g/mol. The van der Waals surface area contributed by atoms with Gasteiger partial charge in [0, 0.05) is 26.6 Å². The molecule has 1 aromatic rings. The number of rotatable bonds is 4. The Morgan fingerprint density at radius 2 is 2.18 bits per heavy atom. The minimum atomic E-state index is 0.921. The van der Waals surface area contributed by atoms with Crippen LogP contribution in [0.5, 0.6) is 0 Å². The van der Waals surface area contributed by atoms with Gasteiger partial charge in [0.15, 0.2) is 0 Å². The average Bonchev–Trinajstić information content (AvgIpc) is 2.65. The predicted molar refractivity (Wildman–Crippen MR) is 69.6 cm³/mol. The molecule has 1 aromatic heterocycles. The third-order valence-electron chi connectivity index (χ3n) is 3.34. The summed E-state index contributed by atoms with van der Waals surface area (Å²) in [7, 11) is 2.06. The number of aryl methyl sites for hydroxylation is 2. The molecule has 0 aliphatic heterocycles. The Labute approximate surface area is 104 Å². The van der Waals surface area contributed by atoms with Gasteiger partial charge in [0.25, 0.3) is 0 Å². The molecule has 1 aliphatic carbocycles. The van der Waals surface area contributed by atoms with E-state index in [-0.39, 0.29) is 0 Å². The van der Waals surface area contributed by atoms with Gasteiger partial charge >= 0.3 is 0 Å². The van der Waals surface area contributed by atoms with E-state index in [1.807, 2.05) is 6.92 Å². The number of nitrogens with zero attached hydrogens (tertiary/aromatic N) is 2. The van der Waals surface area contributed by atoms with Crippen LogP contribution in [0.4, 0.5) is 0 Å². The molecule has 1 aliphatic rings. The molecule has 0 saturated carbocycles. The summed E-state index contributed by atoms with van der Waals surface area (Å²) < 4.78 is 2.05. The first-order chi connectivity index (χ1) is 8.33. The molecule has 2 rings (SSSR count). The molecule has 1 heterocycles. The van der Waals surface area contributed by atoms with E-state index >= 15 is 0 Å². The molecule has 17 heavy (non-hydrogen) atoms. The summed E-state index contributed by atoms with van der Waals surface area (Å²) in [4.78, 5) is 0. The van der Waals surface area contributed by atoms with Crippen LogP contribution in [-0.4, -0.2) is 16.3 Å². The molecule has 0 saturated heterocycles. The first-order valence-electron chi connectivity index (χ1n) is 6.47. The van der Waals surface area contributed by atoms with Crippen molar-refractivity contribution in [1.82, 2.24) is 15.1 Å². The number of aromatic nitrogens is 2. The van der Waals surface area contributed by atoms with Gasteiger partial charge in [-0.3, -0.25) is 4.68 Å². The third kappa shape index (κ3) is 2.89. The molecule has 0 unspecified atom stereocenters. The van der Waals surface area contributed by atoms with Gasteiger partial charge in [0.2, 0.25) is 0 Å². The fourth-order valence-electron chi connectivity index (χ4n) is 2.45. The molecule has 0 atom stereocenters. The van der Waals surface area contributed by atoms with Crippen molar-refractivity contribution >= 4 is 0 Å². The van der Waals surface area contributed by atoms with Crippen LogP contribution in [0.25, 0.3) is 0 Å². The van der Waals surface area contributed by atoms with Gasteiger partial charge in [-0.2, -0.15) is 5.10 Å². The summed E-state index contributed by atoms with van der Waals surface area (Å²) in [5.74, 6) is 5.99. The quantitative estimate of drug-likeness (QED) is 0.632. The molecule has 0 spiro atoms. The second kappa shape index (κ2) is 5.88. The first-order valence-corrected chi connectivity index (χ1v) is 6.47. The summed E-state index contributed by atoms with van der Waals surface area (Å²) in [5.41, 5.74) is 4.18. The predicted octanol–water partition coefficient (Wildman–Crippen LogP) is 1.80. The lowest BCUT2D eigenvalue weighted by Crippen LogP contribution is -2.18. The van der Waals surface area contributed by atoms with Gasteiger partial charge < -0.3 is 5.32 Å².